The molecule has 4 heteroatoms. The van der Waals surface area contributed by atoms with Crippen molar-refractivity contribution in [3.05, 3.63) is 46.7 Å². The molecule has 0 unspecified atom stereocenters. The van der Waals surface area contributed by atoms with Gasteiger partial charge in [0.15, 0.2) is 0 Å². The topological polar surface area (TPSA) is 25.2 Å². The lowest BCUT2D eigenvalue weighted by Gasteiger charge is -2.09. The molecule has 0 atom stereocenters. The smallest absolute Gasteiger partial charge is 0.134 e. The average molecular weight is 326 g/mol. The number of hydrogen-bond acceptors (Lipinski definition) is 2. The molecule has 0 saturated heterocycles. The Morgan fingerprint density at radius 2 is 1.95 bits per heavy atom. The Morgan fingerprint density at radius 1 is 1.19 bits per heavy atom. The van der Waals surface area contributed by atoms with Gasteiger partial charge in [-0.3, -0.25) is 0 Å². The molecule has 0 amide bonds. The van der Waals surface area contributed by atoms with Gasteiger partial charge in [-0.05, 0) is 43.5 Å². The first-order chi connectivity index (χ1) is 9.74. The summed E-state index contributed by atoms with van der Waals surface area (Å²) in [6.45, 7) is 2.83. The van der Waals surface area contributed by atoms with Crippen molar-refractivity contribution in [3.63, 3.8) is 0 Å². The van der Waals surface area contributed by atoms with E-state index in [2.05, 4.69) is 11.4 Å². The highest BCUT2D eigenvalue weighted by Crippen LogP contribution is 2.29. The molecule has 2 nitrogen and oxygen atoms in total. The van der Waals surface area contributed by atoms with Crippen molar-refractivity contribution >= 4 is 24.0 Å². The Labute approximate surface area is 137 Å². The minimum Gasteiger partial charge on any atom is -0.460 e. The van der Waals surface area contributed by atoms with Crippen LogP contribution < -0.4 is 5.32 Å². The van der Waals surface area contributed by atoms with Crippen LogP contribution in [0.25, 0.3) is 11.3 Å². The summed E-state index contributed by atoms with van der Waals surface area (Å²) in [7, 11) is 0. The van der Waals surface area contributed by atoms with Crippen molar-refractivity contribution < 1.29 is 4.42 Å². The number of nitrogens with one attached hydrogen (secondary N) is 1. The molecule has 0 radical (unpaired) electrons. The molecule has 3 rings (SSSR count). The Balaban J connectivity index is 0.00000161. The summed E-state index contributed by atoms with van der Waals surface area (Å²) < 4.78 is 5.94. The maximum atomic E-state index is 6.16. The van der Waals surface area contributed by atoms with E-state index in [0.717, 1.165) is 34.2 Å². The summed E-state index contributed by atoms with van der Waals surface area (Å²) in [6.07, 6.45) is 5.29. The fraction of sp³-hybridized carbons (Fsp3) is 0.412. The van der Waals surface area contributed by atoms with Gasteiger partial charge in [0, 0.05) is 16.6 Å². The summed E-state index contributed by atoms with van der Waals surface area (Å²) in [5, 5.41) is 4.35. The highest BCUT2D eigenvalue weighted by molar-refractivity contribution is 6.31. The van der Waals surface area contributed by atoms with Crippen molar-refractivity contribution in [1.29, 1.82) is 0 Å². The largest absolute Gasteiger partial charge is 0.460 e. The molecular formula is C17H21Cl2NO. The summed E-state index contributed by atoms with van der Waals surface area (Å²) >= 11 is 6.16. The normalized spacial score (nSPS) is 15.1. The van der Waals surface area contributed by atoms with Gasteiger partial charge in [-0.2, -0.15) is 0 Å². The first kappa shape index (κ1) is 16.4. The maximum Gasteiger partial charge on any atom is 0.134 e. The molecule has 1 aromatic heterocycles. The van der Waals surface area contributed by atoms with Gasteiger partial charge in [0.1, 0.15) is 11.5 Å². The first-order valence-electron chi connectivity index (χ1n) is 7.31. The average Bonchev–Trinajstić information content (AvgIpc) is 3.10. The van der Waals surface area contributed by atoms with E-state index in [0.29, 0.717) is 6.04 Å². The number of halogens is 2. The van der Waals surface area contributed by atoms with Gasteiger partial charge >= 0.3 is 0 Å². The molecule has 21 heavy (non-hydrogen) atoms. The molecule has 2 aromatic rings. The van der Waals surface area contributed by atoms with E-state index in [9.17, 15) is 0 Å². The quantitative estimate of drug-likeness (QED) is 0.818. The lowest BCUT2D eigenvalue weighted by atomic mass is 10.1. The standard InChI is InChI=1S/C17H20ClNO.ClH/c1-12-15(7-4-8-16(12)18)17-10-9-14(20-17)11-19-13-5-2-3-6-13;/h4,7-10,13,19H,2-3,5-6,11H2,1H3;1H. The number of furan rings is 1. The third-order valence-electron chi connectivity index (χ3n) is 4.11. The Kier molecular flexibility index (Phi) is 5.74. The van der Waals surface area contributed by atoms with Gasteiger partial charge in [-0.1, -0.05) is 36.6 Å². The van der Waals surface area contributed by atoms with E-state index < -0.39 is 0 Å². The van der Waals surface area contributed by atoms with Crippen LogP contribution in [0.4, 0.5) is 0 Å². The predicted molar refractivity (Wildman–Crippen MR) is 90.2 cm³/mol. The molecule has 114 valence electrons. The minimum atomic E-state index is 0. The summed E-state index contributed by atoms with van der Waals surface area (Å²) in [6, 6.07) is 10.7. The van der Waals surface area contributed by atoms with Gasteiger partial charge in [-0.15, -0.1) is 12.4 Å². The van der Waals surface area contributed by atoms with Gasteiger partial charge in [0.05, 0.1) is 6.54 Å². The summed E-state index contributed by atoms with van der Waals surface area (Å²) in [4.78, 5) is 0. The minimum absolute atomic E-state index is 0. The van der Waals surface area contributed by atoms with Crippen molar-refractivity contribution in [2.75, 3.05) is 0 Å². The lowest BCUT2D eigenvalue weighted by Crippen LogP contribution is -2.24. The zero-order chi connectivity index (χ0) is 13.9. The van der Waals surface area contributed by atoms with Crippen LogP contribution in [0.3, 0.4) is 0 Å². The first-order valence-corrected chi connectivity index (χ1v) is 7.69. The summed E-state index contributed by atoms with van der Waals surface area (Å²) in [5.41, 5.74) is 2.14. The predicted octanol–water partition coefficient (Wildman–Crippen LogP) is 5.36. The van der Waals surface area contributed by atoms with E-state index in [1.165, 1.54) is 25.7 Å². The molecule has 1 fully saturated rings. The van der Waals surface area contributed by atoms with E-state index in [1.807, 2.05) is 31.2 Å². The molecule has 1 aliphatic carbocycles. The van der Waals surface area contributed by atoms with Crippen molar-refractivity contribution in [2.45, 2.75) is 45.2 Å². The van der Waals surface area contributed by atoms with Crippen LogP contribution in [-0.2, 0) is 6.54 Å². The van der Waals surface area contributed by atoms with Crippen molar-refractivity contribution in [2.24, 2.45) is 0 Å². The second-order valence-corrected chi connectivity index (χ2v) is 5.95. The molecule has 1 aliphatic rings. The van der Waals surface area contributed by atoms with Crippen LogP contribution in [-0.4, -0.2) is 6.04 Å². The van der Waals surface area contributed by atoms with E-state index >= 15 is 0 Å². The van der Waals surface area contributed by atoms with Crippen molar-refractivity contribution in [3.8, 4) is 11.3 Å². The van der Waals surface area contributed by atoms with Crippen LogP contribution in [0, 0.1) is 6.92 Å². The Morgan fingerprint density at radius 3 is 2.71 bits per heavy atom. The van der Waals surface area contributed by atoms with E-state index in [-0.39, 0.29) is 12.4 Å². The molecule has 1 aromatic carbocycles. The van der Waals surface area contributed by atoms with Gasteiger partial charge in [0.25, 0.3) is 0 Å². The third-order valence-corrected chi connectivity index (χ3v) is 4.52. The molecule has 1 N–H and O–H groups in total. The van der Waals surface area contributed by atoms with E-state index in [4.69, 9.17) is 16.0 Å². The molecule has 1 saturated carbocycles. The second kappa shape index (κ2) is 7.35. The molecule has 0 spiro atoms. The van der Waals surface area contributed by atoms with Crippen molar-refractivity contribution in [1.82, 2.24) is 5.32 Å². The Hall–Kier alpha value is -0.960. The van der Waals surface area contributed by atoms with Crippen LogP contribution in [0.2, 0.25) is 5.02 Å². The monoisotopic (exact) mass is 325 g/mol. The van der Waals surface area contributed by atoms with Crippen LogP contribution in [0.1, 0.15) is 37.0 Å². The molecular weight excluding hydrogens is 305 g/mol. The van der Waals surface area contributed by atoms with Gasteiger partial charge in [-0.25, -0.2) is 0 Å². The highest BCUT2D eigenvalue weighted by atomic mass is 35.5. The fourth-order valence-electron chi connectivity index (χ4n) is 2.87. The van der Waals surface area contributed by atoms with Crippen LogP contribution >= 0.6 is 24.0 Å². The second-order valence-electron chi connectivity index (χ2n) is 5.54. The number of hydrogen-bond donors (Lipinski definition) is 1. The number of rotatable bonds is 4. The number of benzene rings is 1. The van der Waals surface area contributed by atoms with Crippen LogP contribution in [0.5, 0.6) is 0 Å². The molecule has 0 aliphatic heterocycles. The maximum absolute atomic E-state index is 6.16. The van der Waals surface area contributed by atoms with Gasteiger partial charge < -0.3 is 9.73 Å². The molecule has 0 bridgehead atoms. The van der Waals surface area contributed by atoms with Crippen LogP contribution in [0.15, 0.2) is 34.7 Å². The zero-order valence-corrected chi connectivity index (χ0v) is 13.8. The van der Waals surface area contributed by atoms with E-state index in [1.54, 1.807) is 0 Å². The lowest BCUT2D eigenvalue weighted by molar-refractivity contribution is 0.452. The fourth-order valence-corrected chi connectivity index (χ4v) is 3.04. The summed E-state index contributed by atoms with van der Waals surface area (Å²) in [5.74, 6) is 1.89. The SMILES string of the molecule is Cc1c(Cl)cccc1-c1ccc(CNC2CCCC2)o1.Cl. The zero-order valence-electron chi connectivity index (χ0n) is 12.2. The highest BCUT2D eigenvalue weighted by Gasteiger charge is 2.15. The van der Waals surface area contributed by atoms with Gasteiger partial charge in [0.2, 0.25) is 0 Å². The third kappa shape index (κ3) is 3.82. The molecule has 1 heterocycles. The Bertz CT molecular complexity index is 588.